The van der Waals surface area contributed by atoms with E-state index >= 15 is 0 Å². The van der Waals surface area contributed by atoms with Gasteiger partial charge in [0.2, 0.25) is 0 Å². The molecule has 0 saturated carbocycles. The molecule has 1 fully saturated rings. The second-order valence-corrected chi connectivity index (χ2v) is 3.43. The predicted octanol–water partition coefficient (Wildman–Crippen LogP) is 0.645. The molecule has 1 heterocycles. The van der Waals surface area contributed by atoms with E-state index in [0.717, 1.165) is 12.8 Å². The summed E-state index contributed by atoms with van der Waals surface area (Å²) in [5, 5.41) is 0. The number of hydrogen-bond acceptors (Lipinski definition) is 4. The molecule has 4 heteroatoms. The average Bonchev–Trinajstić information content (AvgIpc) is 2.70. The molecule has 82 valence electrons. The molecule has 1 rings (SSSR count). The number of carbonyl (C=O) groups excluding carboxylic acids is 1. The van der Waals surface area contributed by atoms with Gasteiger partial charge in [-0.2, -0.15) is 0 Å². The number of hydrogen-bond donors (Lipinski definition) is 0. The van der Waals surface area contributed by atoms with Crippen molar-refractivity contribution in [1.29, 1.82) is 0 Å². The van der Waals surface area contributed by atoms with E-state index in [1.54, 1.807) is 7.11 Å². The van der Waals surface area contributed by atoms with Gasteiger partial charge in [-0.3, -0.25) is 4.79 Å². The Bertz CT molecular complexity index is 164. The minimum Gasteiger partial charge on any atom is -0.385 e. The van der Waals surface area contributed by atoms with Gasteiger partial charge in [0.15, 0.2) is 5.78 Å². The molecule has 1 atom stereocenters. The SMILES string of the molecule is COCCCOCC(=O)C1CCOC1. The first-order chi connectivity index (χ1) is 6.84. The van der Waals surface area contributed by atoms with E-state index in [9.17, 15) is 4.79 Å². The highest BCUT2D eigenvalue weighted by atomic mass is 16.5. The lowest BCUT2D eigenvalue weighted by molar-refractivity contribution is -0.127. The molecule has 0 bridgehead atoms. The Labute approximate surface area is 84.5 Å². The Hall–Kier alpha value is -0.450. The van der Waals surface area contributed by atoms with Crippen molar-refractivity contribution < 1.29 is 19.0 Å². The zero-order chi connectivity index (χ0) is 10.2. The Morgan fingerprint density at radius 1 is 1.50 bits per heavy atom. The quantitative estimate of drug-likeness (QED) is 0.568. The van der Waals surface area contributed by atoms with Gasteiger partial charge in [-0.25, -0.2) is 0 Å². The van der Waals surface area contributed by atoms with Crippen LogP contribution in [0.3, 0.4) is 0 Å². The molecule has 0 aromatic heterocycles. The molecule has 1 aliphatic rings. The van der Waals surface area contributed by atoms with Crippen LogP contribution in [0.2, 0.25) is 0 Å². The molecule has 0 N–H and O–H groups in total. The smallest absolute Gasteiger partial charge is 0.163 e. The number of ketones is 1. The first-order valence-corrected chi connectivity index (χ1v) is 5.01. The Morgan fingerprint density at radius 3 is 3.00 bits per heavy atom. The van der Waals surface area contributed by atoms with E-state index < -0.39 is 0 Å². The van der Waals surface area contributed by atoms with Crippen molar-refractivity contribution in [3.63, 3.8) is 0 Å². The summed E-state index contributed by atoms with van der Waals surface area (Å²) >= 11 is 0. The van der Waals surface area contributed by atoms with Crippen molar-refractivity contribution in [2.75, 3.05) is 40.1 Å². The predicted molar refractivity (Wildman–Crippen MR) is 51.2 cm³/mol. The maximum Gasteiger partial charge on any atom is 0.163 e. The highest BCUT2D eigenvalue weighted by Crippen LogP contribution is 2.13. The third-order valence-corrected chi connectivity index (χ3v) is 2.27. The van der Waals surface area contributed by atoms with Crippen LogP contribution in [0.25, 0.3) is 0 Å². The van der Waals surface area contributed by atoms with Crippen molar-refractivity contribution in [3.05, 3.63) is 0 Å². The zero-order valence-electron chi connectivity index (χ0n) is 8.66. The van der Waals surface area contributed by atoms with Gasteiger partial charge < -0.3 is 14.2 Å². The molecule has 1 aliphatic heterocycles. The van der Waals surface area contributed by atoms with Crippen LogP contribution in [-0.2, 0) is 19.0 Å². The lowest BCUT2D eigenvalue weighted by atomic mass is 10.0. The summed E-state index contributed by atoms with van der Waals surface area (Å²) in [5.74, 6) is 0.234. The van der Waals surface area contributed by atoms with Gasteiger partial charge in [0.1, 0.15) is 6.61 Å². The standard InChI is InChI=1S/C10H18O4/c1-12-4-2-5-13-8-10(11)9-3-6-14-7-9/h9H,2-8H2,1H3. The molecule has 0 radical (unpaired) electrons. The van der Waals surface area contributed by atoms with Crippen molar-refractivity contribution in [1.82, 2.24) is 0 Å². The van der Waals surface area contributed by atoms with Crippen molar-refractivity contribution in [3.8, 4) is 0 Å². The summed E-state index contributed by atoms with van der Waals surface area (Å²) in [6.45, 7) is 2.77. The first-order valence-electron chi connectivity index (χ1n) is 5.01. The van der Waals surface area contributed by atoms with Crippen LogP contribution in [0, 0.1) is 5.92 Å². The summed E-state index contributed by atoms with van der Waals surface area (Å²) < 4.78 is 15.2. The summed E-state index contributed by atoms with van der Waals surface area (Å²) in [6.07, 6.45) is 1.69. The summed E-state index contributed by atoms with van der Waals surface area (Å²) in [6, 6.07) is 0. The first kappa shape index (κ1) is 11.6. The second kappa shape index (κ2) is 6.92. The van der Waals surface area contributed by atoms with Crippen LogP contribution in [0.1, 0.15) is 12.8 Å². The lowest BCUT2D eigenvalue weighted by Crippen LogP contribution is -2.20. The van der Waals surface area contributed by atoms with Gasteiger partial charge in [-0.15, -0.1) is 0 Å². The number of carbonyl (C=O) groups is 1. The molecule has 1 unspecified atom stereocenters. The fourth-order valence-corrected chi connectivity index (χ4v) is 1.38. The molecule has 4 nitrogen and oxygen atoms in total. The van der Waals surface area contributed by atoms with Gasteiger partial charge in [0, 0.05) is 32.8 Å². The van der Waals surface area contributed by atoms with Crippen LogP contribution in [0.15, 0.2) is 0 Å². The average molecular weight is 202 g/mol. The van der Waals surface area contributed by atoms with Crippen LogP contribution in [0.4, 0.5) is 0 Å². The van der Waals surface area contributed by atoms with Crippen LogP contribution < -0.4 is 0 Å². The van der Waals surface area contributed by atoms with Crippen molar-refractivity contribution in [2.45, 2.75) is 12.8 Å². The summed E-state index contributed by atoms with van der Waals surface area (Å²) in [4.78, 5) is 11.4. The minimum absolute atomic E-state index is 0.0671. The largest absolute Gasteiger partial charge is 0.385 e. The fourth-order valence-electron chi connectivity index (χ4n) is 1.38. The summed E-state index contributed by atoms with van der Waals surface area (Å²) in [5.41, 5.74) is 0. The van der Waals surface area contributed by atoms with E-state index in [1.807, 2.05) is 0 Å². The van der Waals surface area contributed by atoms with Crippen molar-refractivity contribution in [2.24, 2.45) is 5.92 Å². The van der Waals surface area contributed by atoms with Gasteiger partial charge in [0.05, 0.1) is 6.61 Å². The molecule has 0 aromatic carbocycles. The monoisotopic (exact) mass is 202 g/mol. The van der Waals surface area contributed by atoms with Gasteiger partial charge >= 0.3 is 0 Å². The maximum atomic E-state index is 11.4. The molecule has 1 saturated heterocycles. The highest BCUT2D eigenvalue weighted by Gasteiger charge is 2.22. The topological polar surface area (TPSA) is 44.8 Å². The number of rotatable bonds is 7. The van der Waals surface area contributed by atoms with Crippen LogP contribution in [-0.4, -0.2) is 45.9 Å². The van der Waals surface area contributed by atoms with E-state index in [4.69, 9.17) is 14.2 Å². The molecular formula is C10H18O4. The molecular weight excluding hydrogens is 184 g/mol. The third-order valence-electron chi connectivity index (χ3n) is 2.27. The van der Waals surface area contributed by atoms with Crippen LogP contribution >= 0.6 is 0 Å². The Balaban J connectivity index is 1.97. The molecule has 0 aromatic rings. The van der Waals surface area contributed by atoms with E-state index in [-0.39, 0.29) is 18.3 Å². The van der Waals surface area contributed by atoms with E-state index in [1.165, 1.54) is 0 Å². The maximum absolute atomic E-state index is 11.4. The Kier molecular flexibility index (Phi) is 5.75. The van der Waals surface area contributed by atoms with Crippen molar-refractivity contribution >= 4 is 5.78 Å². The second-order valence-electron chi connectivity index (χ2n) is 3.43. The van der Waals surface area contributed by atoms with Gasteiger partial charge in [-0.05, 0) is 12.8 Å². The number of ether oxygens (including phenoxy) is 3. The zero-order valence-corrected chi connectivity index (χ0v) is 8.66. The molecule has 0 aliphatic carbocycles. The number of Topliss-reactive ketones (excluding diaryl/α,β-unsaturated/α-hetero) is 1. The fraction of sp³-hybridized carbons (Fsp3) is 0.900. The normalized spacial score (nSPS) is 21.4. The number of methoxy groups -OCH3 is 1. The minimum atomic E-state index is 0.0671. The molecule has 14 heavy (non-hydrogen) atoms. The highest BCUT2D eigenvalue weighted by molar-refractivity contribution is 5.82. The van der Waals surface area contributed by atoms with E-state index in [0.29, 0.717) is 26.4 Å². The molecule has 0 spiro atoms. The molecule has 0 amide bonds. The lowest BCUT2D eigenvalue weighted by Gasteiger charge is -2.06. The van der Waals surface area contributed by atoms with Crippen LogP contribution in [0.5, 0.6) is 0 Å². The Morgan fingerprint density at radius 2 is 2.36 bits per heavy atom. The third kappa shape index (κ3) is 4.17. The summed E-state index contributed by atoms with van der Waals surface area (Å²) in [7, 11) is 1.65. The van der Waals surface area contributed by atoms with Gasteiger partial charge in [-0.1, -0.05) is 0 Å². The van der Waals surface area contributed by atoms with Gasteiger partial charge in [0.25, 0.3) is 0 Å². The van der Waals surface area contributed by atoms with E-state index in [2.05, 4.69) is 0 Å².